The number of benzene rings is 2. The van der Waals surface area contributed by atoms with Crippen LogP contribution >= 0.6 is 0 Å². The van der Waals surface area contributed by atoms with E-state index < -0.39 is 6.29 Å². The molecule has 28 heavy (non-hydrogen) atoms. The van der Waals surface area contributed by atoms with E-state index in [1.165, 1.54) is 0 Å². The quantitative estimate of drug-likeness (QED) is 0.549. The molecule has 1 heterocycles. The molecule has 0 spiro atoms. The summed E-state index contributed by atoms with van der Waals surface area (Å²) in [5.74, 6) is 0. The van der Waals surface area contributed by atoms with Crippen LogP contribution in [0.15, 0.2) is 73.3 Å². The van der Waals surface area contributed by atoms with E-state index in [1.54, 1.807) is 7.11 Å². The van der Waals surface area contributed by atoms with E-state index in [2.05, 4.69) is 30.8 Å². The van der Waals surface area contributed by atoms with Crippen molar-refractivity contribution < 1.29 is 18.9 Å². The molecule has 0 radical (unpaired) electrons. The van der Waals surface area contributed by atoms with E-state index in [4.69, 9.17) is 18.9 Å². The van der Waals surface area contributed by atoms with E-state index in [9.17, 15) is 0 Å². The molecule has 0 N–H and O–H groups in total. The Balaban J connectivity index is 1.68. The minimum atomic E-state index is -0.451. The highest BCUT2D eigenvalue weighted by Crippen LogP contribution is 2.29. The Morgan fingerprint density at radius 1 is 0.964 bits per heavy atom. The van der Waals surface area contributed by atoms with Gasteiger partial charge in [-0.25, -0.2) is 0 Å². The number of methoxy groups -OCH3 is 1. The number of allylic oxidation sites excluding steroid dienone is 1. The zero-order valence-electron chi connectivity index (χ0n) is 16.5. The van der Waals surface area contributed by atoms with Crippen LogP contribution < -0.4 is 0 Å². The normalized spacial score (nSPS) is 24.8. The third-order valence-corrected chi connectivity index (χ3v) is 4.97. The lowest BCUT2D eigenvalue weighted by Crippen LogP contribution is -2.51. The molecular formula is C24H30O4. The van der Waals surface area contributed by atoms with Gasteiger partial charge in [-0.3, -0.25) is 0 Å². The van der Waals surface area contributed by atoms with Crippen molar-refractivity contribution in [2.45, 2.75) is 57.1 Å². The summed E-state index contributed by atoms with van der Waals surface area (Å²) in [6.07, 6.45) is 3.74. The van der Waals surface area contributed by atoms with Gasteiger partial charge in [-0.15, -0.1) is 6.58 Å². The summed E-state index contributed by atoms with van der Waals surface area (Å²) in [4.78, 5) is 0. The molecule has 2 aromatic rings. The molecule has 0 aromatic heterocycles. The number of hydrogen-bond donors (Lipinski definition) is 0. The molecule has 4 atom stereocenters. The Labute approximate surface area is 168 Å². The maximum atomic E-state index is 6.30. The Bertz CT molecular complexity index is 688. The van der Waals surface area contributed by atoms with Gasteiger partial charge >= 0.3 is 0 Å². The fraction of sp³-hybridized carbons (Fsp3) is 0.417. The second kappa shape index (κ2) is 11.1. The van der Waals surface area contributed by atoms with Crippen LogP contribution in [-0.2, 0) is 32.2 Å². The molecule has 0 bridgehead atoms. The van der Waals surface area contributed by atoms with Crippen LogP contribution in [0.1, 0.15) is 30.4 Å². The van der Waals surface area contributed by atoms with E-state index in [1.807, 2.05) is 42.5 Å². The number of rotatable bonds is 10. The first kappa shape index (κ1) is 20.7. The average molecular weight is 383 g/mol. The van der Waals surface area contributed by atoms with Crippen molar-refractivity contribution >= 4 is 0 Å². The summed E-state index contributed by atoms with van der Waals surface area (Å²) in [7, 11) is 1.66. The molecule has 0 saturated carbocycles. The van der Waals surface area contributed by atoms with Crippen LogP contribution in [0, 0.1) is 0 Å². The summed E-state index contributed by atoms with van der Waals surface area (Å²) in [5.41, 5.74) is 2.26. The second-order valence-corrected chi connectivity index (χ2v) is 7.06. The summed E-state index contributed by atoms with van der Waals surface area (Å²) in [6.45, 7) is 4.85. The molecule has 3 rings (SSSR count). The average Bonchev–Trinajstić information content (AvgIpc) is 2.76. The van der Waals surface area contributed by atoms with Gasteiger partial charge in [-0.1, -0.05) is 66.7 Å². The predicted molar refractivity (Wildman–Crippen MR) is 110 cm³/mol. The highest BCUT2D eigenvalue weighted by Gasteiger charge is 2.40. The summed E-state index contributed by atoms with van der Waals surface area (Å²) in [5, 5.41) is 0. The smallest absolute Gasteiger partial charge is 0.186 e. The molecular weight excluding hydrogens is 352 g/mol. The molecule has 150 valence electrons. The number of hydrogen-bond acceptors (Lipinski definition) is 4. The van der Waals surface area contributed by atoms with Gasteiger partial charge in [0.2, 0.25) is 0 Å². The Kier molecular flexibility index (Phi) is 8.24. The summed E-state index contributed by atoms with van der Waals surface area (Å²) >= 11 is 0. The Morgan fingerprint density at radius 2 is 1.57 bits per heavy atom. The Morgan fingerprint density at radius 3 is 2.14 bits per heavy atom. The highest BCUT2D eigenvalue weighted by molar-refractivity contribution is 5.14. The van der Waals surface area contributed by atoms with Crippen LogP contribution in [0.5, 0.6) is 0 Å². The van der Waals surface area contributed by atoms with Crippen LogP contribution in [-0.4, -0.2) is 31.7 Å². The molecule has 4 nitrogen and oxygen atoms in total. The molecule has 0 aliphatic carbocycles. The molecule has 1 saturated heterocycles. The van der Waals surface area contributed by atoms with Crippen LogP contribution in [0.3, 0.4) is 0 Å². The molecule has 4 heteroatoms. The van der Waals surface area contributed by atoms with Gasteiger partial charge in [0.15, 0.2) is 6.29 Å². The van der Waals surface area contributed by atoms with E-state index >= 15 is 0 Å². The maximum absolute atomic E-state index is 6.30. The first-order valence-corrected chi connectivity index (χ1v) is 9.90. The molecule has 1 fully saturated rings. The van der Waals surface area contributed by atoms with Crippen molar-refractivity contribution in [3.8, 4) is 0 Å². The monoisotopic (exact) mass is 382 g/mol. The molecule has 1 aliphatic rings. The van der Waals surface area contributed by atoms with Crippen molar-refractivity contribution in [1.82, 2.24) is 0 Å². The summed E-state index contributed by atoms with van der Waals surface area (Å²) < 4.78 is 24.3. The van der Waals surface area contributed by atoms with Gasteiger partial charge in [-0.2, -0.15) is 0 Å². The van der Waals surface area contributed by atoms with Gasteiger partial charge in [0.1, 0.15) is 6.10 Å². The fourth-order valence-electron chi connectivity index (χ4n) is 3.46. The lowest BCUT2D eigenvalue weighted by Gasteiger charge is -2.40. The first-order valence-electron chi connectivity index (χ1n) is 9.90. The van der Waals surface area contributed by atoms with Crippen molar-refractivity contribution in [3.05, 3.63) is 84.4 Å². The number of ether oxygens (including phenoxy) is 4. The standard InChI is InChI=1S/C24H30O4/c1-3-4-15-21-16-22(26-17-19-11-7-5-8-12-19)23(24(25-2)28-21)27-18-20-13-9-6-10-14-20/h3,5-14,21-24H,1,4,15-18H2,2H3/t21-,22+,23-,24+/m1/s1. The lowest BCUT2D eigenvalue weighted by atomic mass is 9.98. The fourth-order valence-corrected chi connectivity index (χ4v) is 3.46. The van der Waals surface area contributed by atoms with Crippen molar-refractivity contribution in [2.24, 2.45) is 0 Å². The topological polar surface area (TPSA) is 36.9 Å². The Hall–Kier alpha value is -1.98. The van der Waals surface area contributed by atoms with Crippen LogP contribution in [0.4, 0.5) is 0 Å². The lowest BCUT2D eigenvalue weighted by molar-refractivity contribution is -0.280. The van der Waals surface area contributed by atoms with Crippen LogP contribution in [0.25, 0.3) is 0 Å². The van der Waals surface area contributed by atoms with Gasteiger partial charge in [0.25, 0.3) is 0 Å². The van der Waals surface area contributed by atoms with Crippen molar-refractivity contribution in [2.75, 3.05) is 7.11 Å². The zero-order chi connectivity index (χ0) is 19.6. The van der Waals surface area contributed by atoms with Gasteiger partial charge < -0.3 is 18.9 Å². The van der Waals surface area contributed by atoms with E-state index in [0.717, 1.165) is 30.4 Å². The van der Waals surface area contributed by atoms with Gasteiger partial charge in [0.05, 0.1) is 25.4 Å². The van der Waals surface area contributed by atoms with Gasteiger partial charge in [-0.05, 0) is 24.0 Å². The highest BCUT2D eigenvalue weighted by atomic mass is 16.7. The first-order chi connectivity index (χ1) is 13.8. The SMILES string of the molecule is C=CCC[C@@H]1C[C@H](OCc2ccccc2)[C@@H](OCc2ccccc2)[C@@H](OC)O1. The third kappa shape index (κ3) is 6.01. The van der Waals surface area contributed by atoms with Crippen molar-refractivity contribution in [3.63, 3.8) is 0 Å². The molecule has 1 aliphatic heterocycles. The van der Waals surface area contributed by atoms with Crippen LogP contribution in [0.2, 0.25) is 0 Å². The zero-order valence-corrected chi connectivity index (χ0v) is 16.5. The molecule has 2 aromatic carbocycles. The largest absolute Gasteiger partial charge is 0.371 e. The van der Waals surface area contributed by atoms with Crippen molar-refractivity contribution in [1.29, 1.82) is 0 Å². The molecule has 0 unspecified atom stereocenters. The predicted octanol–water partition coefficient (Wildman–Crippen LogP) is 4.88. The molecule has 0 amide bonds. The third-order valence-electron chi connectivity index (χ3n) is 4.97. The van der Waals surface area contributed by atoms with Gasteiger partial charge in [0, 0.05) is 13.5 Å². The second-order valence-electron chi connectivity index (χ2n) is 7.06. The van der Waals surface area contributed by atoms with E-state index in [0.29, 0.717) is 13.2 Å². The maximum Gasteiger partial charge on any atom is 0.186 e. The van der Waals surface area contributed by atoms with E-state index in [-0.39, 0.29) is 18.3 Å². The minimum Gasteiger partial charge on any atom is -0.371 e. The minimum absolute atomic E-state index is 0.0697. The summed E-state index contributed by atoms with van der Waals surface area (Å²) in [6, 6.07) is 20.3.